The Morgan fingerprint density at radius 2 is 2.00 bits per heavy atom. The summed E-state index contributed by atoms with van der Waals surface area (Å²) < 4.78 is 35.4. The summed E-state index contributed by atoms with van der Waals surface area (Å²) in [5.74, 6) is 0.752. The average Bonchev–Trinajstić information content (AvgIpc) is 2.67. The molecule has 0 aromatic heterocycles. The summed E-state index contributed by atoms with van der Waals surface area (Å²) in [6, 6.07) is 0. The molecule has 0 spiro atoms. The van der Waals surface area contributed by atoms with Crippen molar-refractivity contribution in [2.45, 2.75) is 38.3 Å². The predicted molar refractivity (Wildman–Crippen MR) is 58.4 cm³/mol. The van der Waals surface area contributed by atoms with Crippen LogP contribution in [-0.4, -0.2) is 32.4 Å². The van der Waals surface area contributed by atoms with E-state index in [2.05, 4.69) is 10.6 Å². The van der Waals surface area contributed by atoms with E-state index in [0.717, 1.165) is 32.0 Å². The number of unbranched alkanes of at least 4 members (excludes halogenated alkanes) is 1. The van der Waals surface area contributed by atoms with Gasteiger partial charge in [0.05, 0.1) is 0 Å². The molecule has 5 heteroatoms. The molecular formula is C11H21F3N2. The van der Waals surface area contributed by atoms with Gasteiger partial charge in [0, 0.05) is 6.42 Å². The van der Waals surface area contributed by atoms with Crippen molar-refractivity contribution < 1.29 is 13.2 Å². The highest BCUT2D eigenvalue weighted by Gasteiger charge is 2.25. The molecule has 0 saturated carbocycles. The summed E-state index contributed by atoms with van der Waals surface area (Å²) in [6.07, 6.45) is -1.43. The fraction of sp³-hybridized carbons (Fsp3) is 1.00. The number of hydrogen-bond acceptors (Lipinski definition) is 2. The summed E-state index contributed by atoms with van der Waals surface area (Å²) in [5, 5.41) is 6.50. The summed E-state index contributed by atoms with van der Waals surface area (Å²) in [6.45, 7) is 3.83. The van der Waals surface area contributed by atoms with Crippen LogP contribution in [0.3, 0.4) is 0 Å². The standard InChI is InChI=1S/C11H21F3N2/c12-11(13,14)5-1-2-6-15-7-3-10-4-8-16-9-10/h10,15-16H,1-9H2. The van der Waals surface area contributed by atoms with Gasteiger partial charge in [-0.15, -0.1) is 0 Å². The number of rotatable bonds is 7. The van der Waals surface area contributed by atoms with Crippen LogP contribution < -0.4 is 10.6 Å². The van der Waals surface area contributed by atoms with Gasteiger partial charge in [-0.05, 0) is 57.8 Å². The zero-order chi connectivity index (χ0) is 11.9. The van der Waals surface area contributed by atoms with Gasteiger partial charge in [0.1, 0.15) is 0 Å². The minimum Gasteiger partial charge on any atom is -0.317 e. The molecule has 0 aromatic carbocycles. The van der Waals surface area contributed by atoms with E-state index in [-0.39, 0.29) is 6.42 Å². The first-order valence-electron chi connectivity index (χ1n) is 6.06. The van der Waals surface area contributed by atoms with E-state index in [4.69, 9.17) is 0 Å². The zero-order valence-electron chi connectivity index (χ0n) is 9.58. The van der Waals surface area contributed by atoms with Crippen molar-refractivity contribution in [3.63, 3.8) is 0 Å². The monoisotopic (exact) mass is 238 g/mol. The average molecular weight is 238 g/mol. The van der Waals surface area contributed by atoms with Crippen molar-refractivity contribution in [1.82, 2.24) is 10.6 Å². The van der Waals surface area contributed by atoms with Gasteiger partial charge in [-0.2, -0.15) is 13.2 Å². The van der Waals surface area contributed by atoms with Crippen molar-refractivity contribution in [2.24, 2.45) is 5.92 Å². The highest BCUT2D eigenvalue weighted by molar-refractivity contribution is 4.71. The van der Waals surface area contributed by atoms with Crippen molar-refractivity contribution in [1.29, 1.82) is 0 Å². The lowest BCUT2D eigenvalue weighted by Gasteiger charge is -2.09. The number of halogens is 3. The minimum absolute atomic E-state index is 0.238. The molecule has 1 unspecified atom stereocenters. The van der Waals surface area contributed by atoms with Crippen LogP contribution in [0.2, 0.25) is 0 Å². The van der Waals surface area contributed by atoms with Crippen LogP contribution in [0, 0.1) is 5.92 Å². The third kappa shape index (κ3) is 7.06. The van der Waals surface area contributed by atoms with E-state index in [1.807, 2.05) is 0 Å². The highest BCUT2D eigenvalue weighted by Crippen LogP contribution is 2.21. The topological polar surface area (TPSA) is 24.1 Å². The van der Waals surface area contributed by atoms with Gasteiger partial charge in [-0.3, -0.25) is 0 Å². The summed E-state index contributed by atoms with van der Waals surface area (Å²) in [4.78, 5) is 0. The Balaban J connectivity index is 1.81. The van der Waals surface area contributed by atoms with Crippen LogP contribution in [0.4, 0.5) is 13.2 Å². The maximum atomic E-state index is 11.8. The van der Waals surface area contributed by atoms with Gasteiger partial charge < -0.3 is 10.6 Å². The normalized spacial score (nSPS) is 21.6. The molecule has 1 aliphatic rings. The maximum Gasteiger partial charge on any atom is 0.389 e. The van der Waals surface area contributed by atoms with Crippen molar-refractivity contribution in [3.05, 3.63) is 0 Å². The molecule has 1 fully saturated rings. The van der Waals surface area contributed by atoms with E-state index < -0.39 is 12.6 Å². The fourth-order valence-electron chi connectivity index (χ4n) is 1.97. The molecule has 96 valence electrons. The lowest BCUT2D eigenvalue weighted by Crippen LogP contribution is -2.20. The first-order chi connectivity index (χ1) is 7.58. The van der Waals surface area contributed by atoms with Crippen LogP contribution in [0.5, 0.6) is 0 Å². The lowest BCUT2D eigenvalue weighted by atomic mass is 10.1. The second-order valence-electron chi connectivity index (χ2n) is 4.47. The van der Waals surface area contributed by atoms with Crippen LogP contribution in [0.15, 0.2) is 0 Å². The molecule has 1 heterocycles. The Labute approximate surface area is 95.0 Å². The van der Waals surface area contributed by atoms with Gasteiger partial charge in [0.2, 0.25) is 0 Å². The van der Waals surface area contributed by atoms with E-state index in [9.17, 15) is 13.2 Å². The molecule has 1 atom stereocenters. The number of alkyl halides is 3. The van der Waals surface area contributed by atoms with E-state index >= 15 is 0 Å². The summed E-state index contributed by atoms with van der Waals surface area (Å²) in [7, 11) is 0. The molecule has 16 heavy (non-hydrogen) atoms. The zero-order valence-corrected chi connectivity index (χ0v) is 9.58. The minimum atomic E-state index is -3.99. The molecule has 0 aliphatic carbocycles. The number of hydrogen-bond donors (Lipinski definition) is 2. The van der Waals surface area contributed by atoms with Gasteiger partial charge in [-0.25, -0.2) is 0 Å². The molecule has 0 amide bonds. The maximum absolute atomic E-state index is 11.8. The molecule has 2 N–H and O–H groups in total. The van der Waals surface area contributed by atoms with Crippen molar-refractivity contribution in [3.8, 4) is 0 Å². The molecular weight excluding hydrogens is 217 g/mol. The van der Waals surface area contributed by atoms with Gasteiger partial charge in [0.25, 0.3) is 0 Å². The SMILES string of the molecule is FC(F)(F)CCCCNCCC1CCNC1. The van der Waals surface area contributed by atoms with E-state index in [1.165, 1.54) is 6.42 Å². The van der Waals surface area contributed by atoms with E-state index in [1.54, 1.807) is 0 Å². The summed E-state index contributed by atoms with van der Waals surface area (Å²) >= 11 is 0. The van der Waals surface area contributed by atoms with Crippen LogP contribution in [0.1, 0.15) is 32.1 Å². The van der Waals surface area contributed by atoms with Crippen molar-refractivity contribution in [2.75, 3.05) is 26.2 Å². The molecule has 0 radical (unpaired) electrons. The molecule has 0 aromatic rings. The van der Waals surface area contributed by atoms with Crippen LogP contribution in [-0.2, 0) is 0 Å². The van der Waals surface area contributed by atoms with Gasteiger partial charge in [0.15, 0.2) is 0 Å². The Morgan fingerprint density at radius 1 is 1.19 bits per heavy atom. The Morgan fingerprint density at radius 3 is 2.62 bits per heavy atom. The molecule has 0 bridgehead atoms. The second-order valence-corrected chi connectivity index (χ2v) is 4.47. The van der Waals surface area contributed by atoms with E-state index in [0.29, 0.717) is 13.0 Å². The molecule has 1 saturated heterocycles. The highest BCUT2D eigenvalue weighted by atomic mass is 19.4. The molecule has 2 nitrogen and oxygen atoms in total. The molecule has 1 aliphatic heterocycles. The quantitative estimate of drug-likeness (QED) is 0.665. The third-order valence-electron chi connectivity index (χ3n) is 2.96. The Kier molecular flexibility index (Phi) is 6.13. The molecule has 1 rings (SSSR count). The van der Waals surface area contributed by atoms with Crippen molar-refractivity contribution >= 4 is 0 Å². The lowest BCUT2D eigenvalue weighted by molar-refractivity contribution is -0.135. The first kappa shape index (κ1) is 13.8. The van der Waals surface area contributed by atoms with Crippen LogP contribution >= 0.6 is 0 Å². The Bertz CT molecular complexity index is 177. The predicted octanol–water partition coefficient (Wildman–Crippen LogP) is 2.31. The largest absolute Gasteiger partial charge is 0.389 e. The van der Waals surface area contributed by atoms with Gasteiger partial charge >= 0.3 is 6.18 Å². The smallest absolute Gasteiger partial charge is 0.317 e. The first-order valence-corrected chi connectivity index (χ1v) is 6.06. The Hall–Kier alpha value is -0.290. The van der Waals surface area contributed by atoms with Crippen LogP contribution in [0.25, 0.3) is 0 Å². The fourth-order valence-corrected chi connectivity index (χ4v) is 1.97. The second kappa shape index (κ2) is 7.12. The number of nitrogens with one attached hydrogen (secondary N) is 2. The summed E-state index contributed by atoms with van der Waals surface area (Å²) in [5.41, 5.74) is 0. The van der Waals surface area contributed by atoms with Gasteiger partial charge in [-0.1, -0.05) is 0 Å². The third-order valence-corrected chi connectivity index (χ3v) is 2.96.